The highest BCUT2D eigenvalue weighted by Crippen LogP contribution is 2.42. The Morgan fingerprint density at radius 1 is 0.750 bits per heavy atom. The zero-order valence-electron chi connectivity index (χ0n) is 22.3. The van der Waals surface area contributed by atoms with Crippen LogP contribution in [0.25, 0.3) is 0 Å². The molecule has 0 saturated carbocycles. The third kappa shape index (κ3) is 5.19. The molecule has 2 aromatic heterocycles. The van der Waals surface area contributed by atoms with Gasteiger partial charge in [-0.05, 0) is 85.0 Å². The lowest BCUT2D eigenvalue weighted by atomic mass is 9.79. The van der Waals surface area contributed by atoms with E-state index in [1.165, 1.54) is 36.9 Å². The molecule has 8 nitrogen and oxygen atoms in total. The normalized spacial score (nSPS) is 21.3. The van der Waals surface area contributed by atoms with Crippen LogP contribution in [0.1, 0.15) is 78.7 Å². The summed E-state index contributed by atoms with van der Waals surface area (Å²) >= 11 is 2.91. The SMILES string of the molecule is COC(=O)c1ccc2c(c1)CCC[C@@]2(O)c1nccs1.COC(=O)c1ccc2c(c1)CCC[C@]2(O)c1nccs1. The molecule has 0 radical (unpaired) electrons. The summed E-state index contributed by atoms with van der Waals surface area (Å²) in [5.74, 6) is -0.702. The molecule has 6 rings (SSSR count). The largest absolute Gasteiger partial charge is 0.465 e. The predicted octanol–water partition coefficient (Wildman–Crippen LogP) is 5.00. The van der Waals surface area contributed by atoms with Crippen LogP contribution in [0.4, 0.5) is 0 Å². The minimum atomic E-state index is -1.03. The van der Waals surface area contributed by atoms with Crippen LogP contribution in [0.15, 0.2) is 59.6 Å². The van der Waals surface area contributed by atoms with Gasteiger partial charge >= 0.3 is 11.9 Å². The number of methoxy groups -OCH3 is 2. The maximum atomic E-state index is 11.6. The number of aliphatic hydroxyl groups is 2. The number of aryl methyl sites for hydroxylation is 2. The van der Waals surface area contributed by atoms with Gasteiger partial charge in [0.05, 0.1) is 25.3 Å². The smallest absolute Gasteiger partial charge is 0.337 e. The zero-order valence-corrected chi connectivity index (χ0v) is 23.9. The Bertz CT molecular complexity index is 1390. The molecule has 0 spiro atoms. The highest BCUT2D eigenvalue weighted by atomic mass is 32.1. The Kier molecular flexibility index (Phi) is 8.14. The summed E-state index contributed by atoms with van der Waals surface area (Å²) in [6.07, 6.45) is 8.17. The van der Waals surface area contributed by atoms with Gasteiger partial charge in [-0.15, -0.1) is 22.7 Å². The Labute approximate surface area is 240 Å². The first-order valence-corrected chi connectivity index (χ1v) is 14.7. The zero-order chi connectivity index (χ0) is 28.3. The van der Waals surface area contributed by atoms with Crippen LogP contribution in [0.2, 0.25) is 0 Å². The molecule has 0 unspecified atom stereocenters. The van der Waals surface area contributed by atoms with Crippen molar-refractivity contribution in [3.63, 3.8) is 0 Å². The summed E-state index contributed by atoms with van der Waals surface area (Å²) in [7, 11) is 2.74. The summed E-state index contributed by atoms with van der Waals surface area (Å²) in [5.41, 5.74) is 2.68. The lowest BCUT2D eigenvalue weighted by Gasteiger charge is -2.33. The first kappa shape index (κ1) is 28.1. The van der Waals surface area contributed by atoms with Crippen LogP contribution in [-0.2, 0) is 33.5 Å². The monoisotopic (exact) mass is 578 g/mol. The fourth-order valence-corrected chi connectivity index (χ4v) is 7.09. The van der Waals surface area contributed by atoms with Crippen molar-refractivity contribution in [1.29, 1.82) is 0 Å². The van der Waals surface area contributed by atoms with E-state index in [0.29, 0.717) is 34.0 Å². The van der Waals surface area contributed by atoms with Crippen LogP contribution in [-0.4, -0.2) is 46.3 Å². The Balaban J connectivity index is 0.000000161. The number of hydrogen-bond donors (Lipinski definition) is 2. The standard InChI is InChI=1S/2C15H15NO3S/c2*1-19-13(17)11-4-5-12-10(9-11)3-2-6-15(12,18)14-16-7-8-20-14/h2*4-5,7-9,18H,2-3,6H2,1H3/t2*15-/m10/s1. The molecule has 4 aromatic rings. The molecule has 2 aliphatic carbocycles. The van der Waals surface area contributed by atoms with E-state index in [-0.39, 0.29) is 11.9 Å². The minimum absolute atomic E-state index is 0.351. The quantitative estimate of drug-likeness (QED) is 0.325. The second-order valence-corrected chi connectivity index (χ2v) is 11.6. The lowest BCUT2D eigenvalue weighted by Crippen LogP contribution is -2.32. The highest BCUT2D eigenvalue weighted by Gasteiger charge is 2.39. The van der Waals surface area contributed by atoms with Crippen molar-refractivity contribution >= 4 is 34.6 Å². The number of rotatable bonds is 4. The number of benzene rings is 2. The van der Waals surface area contributed by atoms with Crippen molar-refractivity contribution < 1.29 is 29.3 Å². The van der Waals surface area contributed by atoms with Crippen molar-refractivity contribution in [1.82, 2.24) is 9.97 Å². The molecule has 2 heterocycles. The molecule has 2 aliphatic rings. The second-order valence-electron chi connectivity index (χ2n) is 9.83. The number of ether oxygens (including phenoxy) is 2. The van der Waals surface area contributed by atoms with E-state index in [9.17, 15) is 19.8 Å². The number of hydrogen-bond acceptors (Lipinski definition) is 10. The molecule has 10 heteroatoms. The van der Waals surface area contributed by atoms with Crippen molar-refractivity contribution in [2.75, 3.05) is 14.2 Å². The topological polar surface area (TPSA) is 119 Å². The van der Waals surface area contributed by atoms with E-state index in [2.05, 4.69) is 9.97 Å². The molecular formula is C30H30N2O6S2. The Morgan fingerprint density at radius 3 is 1.52 bits per heavy atom. The number of carbonyl (C=O) groups is 2. The Hall–Kier alpha value is -3.44. The average molecular weight is 579 g/mol. The fraction of sp³-hybridized carbons (Fsp3) is 0.333. The Morgan fingerprint density at radius 2 is 1.18 bits per heavy atom. The van der Waals surface area contributed by atoms with E-state index < -0.39 is 11.2 Å². The van der Waals surface area contributed by atoms with E-state index in [0.717, 1.165) is 47.9 Å². The molecule has 0 fully saturated rings. The van der Waals surface area contributed by atoms with E-state index in [1.807, 2.05) is 35.0 Å². The molecule has 2 N–H and O–H groups in total. The molecule has 2 aromatic carbocycles. The summed E-state index contributed by atoms with van der Waals surface area (Å²) in [6, 6.07) is 10.7. The molecule has 0 amide bonds. The van der Waals surface area contributed by atoms with Gasteiger partial charge in [0.1, 0.15) is 21.2 Å². The van der Waals surface area contributed by atoms with E-state index in [4.69, 9.17) is 9.47 Å². The summed E-state index contributed by atoms with van der Waals surface area (Å²) in [4.78, 5) is 31.7. The highest BCUT2D eigenvalue weighted by molar-refractivity contribution is 7.10. The van der Waals surface area contributed by atoms with Gasteiger partial charge in [-0.3, -0.25) is 0 Å². The number of fused-ring (bicyclic) bond motifs is 2. The van der Waals surface area contributed by atoms with Crippen molar-refractivity contribution in [3.05, 3.63) is 103 Å². The van der Waals surface area contributed by atoms with Gasteiger partial charge in [0.25, 0.3) is 0 Å². The first-order valence-electron chi connectivity index (χ1n) is 13.0. The third-order valence-electron chi connectivity index (χ3n) is 7.49. The van der Waals surface area contributed by atoms with Gasteiger partial charge < -0.3 is 19.7 Å². The van der Waals surface area contributed by atoms with Crippen LogP contribution in [0.5, 0.6) is 0 Å². The maximum absolute atomic E-state index is 11.6. The fourth-order valence-electron chi connectivity index (χ4n) is 5.54. The number of aromatic nitrogens is 2. The number of carbonyl (C=O) groups excluding carboxylic acids is 2. The average Bonchev–Trinajstić information content (AvgIpc) is 3.73. The number of nitrogens with zero attached hydrogens (tertiary/aromatic N) is 2. The number of esters is 2. The van der Waals surface area contributed by atoms with Crippen LogP contribution in [0, 0.1) is 0 Å². The van der Waals surface area contributed by atoms with E-state index >= 15 is 0 Å². The van der Waals surface area contributed by atoms with Gasteiger partial charge in [0.15, 0.2) is 0 Å². The second kappa shape index (κ2) is 11.6. The van der Waals surface area contributed by atoms with E-state index in [1.54, 1.807) is 24.5 Å². The minimum Gasteiger partial charge on any atom is -0.465 e. The lowest BCUT2D eigenvalue weighted by molar-refractivity contribution is 0.0581. The molecule has 40 heavy (non-hydrogen) atoms. The summed E-state index contributed by atoms with van der Waals surface area (Å²) < 4.78 is 9.48. The van der Waals surface area contributed by atoms with Crippen molar-refractivity contribution in [2.24, 2.45) is 0 Å². The van der Waals surface area contributed by atoms with Crippen molar-refractivity contribution in [2.45, 2.75) is 49.7 Å². The third-order valence-corrected chi connectivity index (χ3v) is 9.33. The molecule has 0 saturated heterocycles. The van der Waals surface area contributed by atoms with Gasteiger partial charge in [-0.1, -0.05) is 12.1 Å². The van der Waals surface area contributed by atoms with Gasteiger partial charge in [-0.25, -0.2) is 19.6 Å². The summed E-state index contributed by atoms with van der Waals surface area (Å²) in [5, 5.41) is 27.2. The van der Waals surface area contributed by atoms with Crippen molar-refractivity contribution in [3.8, 4) is 0 Å². The predicted molar refractivity (Wildman–Crippen MR) is 152 cm³/mol. The van der Waals surface area contributed by atoms with Crippen LogP contribution < -0.4 is 0 Å². The first-order chi connectivity index (χ1) is 19.3. The molecular weight excluding hydrogens is 548 g/mol. The molecule has 0 bridgehead atoms. The van der Waals surface area contributed by atoms with Crippen LogP contribution >= 0.6 is 22.7 Å². The summed E-state index contributed by atoms with van der Waals surface area (Å²) in [6.45, 7) is 0. The van der Waals surface area contributed by atoms with Crippen LogP contribution in [0.3, 0.4) is 0 Å². The van der Waals surface area contributed by atoms with Gasteiger partial charge in [-0.2, -0.15) is 0 Å². The molecule has 208 valence electrons. The molecule has 2 atom stereocenters. The van der Waals surface area contributed by atoms with Gasteiger partial charge in [0, 0.05) is 23.2 Å². The maximum Gasteiger partial charge on any atom is 0.337 e. The molecule has 0 aliphatic heterocycles. The van der Waals surface area contributed by atoms with Gasteiger partial charge in [0.2, 0.25) is 0 Å². The number of thiazole rings is 2.